The third-order valence-corrected chi connectivity index (χ3v) is 4.99. The molecule has 3 aromatic carbocycles. The summed E-state index contributed by atoms with van der Waals surface area (Å²) in [5.74, 6) is -1.98. The highest BCUT2D eigenvalue weighted by atomic mass is 16.6. The maximum atomic E-state index is 12.3. The number of ketones is 1. The largest absolute Gasteiger partial charge is 0.496 e. The fourth-order valence-electron chi connectivity index (χ4n) is 3.07. The van der Waals surface area contributed by atoms with Gasteiger partial charge in [0.25, 0.3) is 5.69 Å². The first-order valence-corrected chi connectivity index (χ1v) is 10.9. The highest BCUT2D eigenvalue weighted by Crippen LogP contribution is 2.29. The van der Waals surface area contributed by atoms with Crippen molar-refractivity contribution in [3.05, 3.63) is 94.0 Å². The number of nitro benzene ring substituents is 1. The number of nitrogens with one attached hydrogen (secondary N) is 1. The van der Waals surface area contributed by atoms with Gasteiger partial charge in [-0.3, -0.25) is 24.5 Å². The second kappa shape index (κ2) is 12.6. The molecular formula is C26H22N2O9. The Hall–Kier alpha value is -5.06. The van der Waals surface area contributed by atoms with Crippen LogP contribution in [0.3, 0.4) is 0 Å². The first-order valence-electron chi connectivity index (χ1n) is 10.9. The van der Waals surface area contributed by atoms with Crippen LogP contribution in [0.25, 0.3) is 0 Å². The van der Waals surface area contributed by atoms with Gasteiger partial charge in [0.1, 0.15) is 17.2 Å². The molecule has 0 unspecified atom stereocenters. The standard InChI is InChI=1S/C26H22N2O9/c1-35-20-11-12-21(22(15-20)28(33)34)27-24(30)13-14-25(31)36-16-23(29)17-7-9-19(10-8-17)37-26(32)18-5-3-2-4-6-18/h2-12,15H,13-14,16H2,1H3,(H,27,30). The summed E-state index contributed by atoms with van der Waals surface area (Å²) in [6, 6.07) is 18.1. The number of hydrogen-bond donors (Lipinski definition) is 1. The Morgan fingerprint density at radius 1 is 0.865 bits per heavy atom. The molecule has 3 aromatic rings. The third-order valence-electron chi connectivity index (χ3n) is 4.99. The molecule has 0 atom stereocenters. The van der Waals surface area contributed by atoms with E-state index < -0.39 is 35.2 Å². The van der Waals surface area contributed by atoms with E-state index >= 15 is 0 Å². The lowest BCUT2D eigenvalue weighted by Gasteiger charge is -2.08. The van der Waals surface area contributed by atoms with E-state index in [1.165, 1.54) is 43.5 Å². The van der Waals surface area contributed by atoms with Gasteiger partial charge in [0.05, 0.1) is 30.1 Å². The maximum absolute atomic E-state index is 12.3. The van der Waals surface area contributed by atoms with Gasteiger partial charge in [-0.15, -0.1) is 0 Å². The summed E-state index contributed by atoms with van der Waals surface area (Å²) in [5.41, 5.74) is 0.210. The minimum atomic E-state index is -0.791. The van der Waals surface area contributed by atoms with E-state index in [4.69, 9.17) is 14.2 Å². The molecule has 0 aromatic heterocycles. The lowest BCUT2D eigenvalue weighted by molar-refractivity contribution is -0.384. The number of anilines is 1. The Labute approximate surface area is 211 Å². The van der Waals surface area contributed by atoms with Crippen LogP contribution in [0.2, 0.25) is 0 Å². The van der Waals surface area contributed by atoms with Crippen LogP contribution in [0.5, 0.6) is 11.5 Å². The summed E-state index contributed by atoms with van der Waals surface area (Å²) in [5, 5.41) is 13.6. The predicted octanol–water partition coefficient (Wildman–Crippen LogP) is 3.97. The lowest BCUT2D eigenvalue weighted by Crippen LogP contribution is -2.18. The van der Waals surface area contributed by atoms with Crippen molar-refractivity contribution >= 4 is 35.0 Å². The number of carbonyl (C=O) groups is 4. The first-order chi connectivity index (χ1) is 17.8. The number of benzene rings is 3. The number of nitrogens with zero attached hydrogens (tertiary/aromatic N) is 1. The fraction of sp³-hybridized carbons (Fsp3) is 0.154. The van der Waals surface area contributed by atoms with Crippen LogP contribution < -0.4 is 14.8 Å². The first kappa shape index (κ1) is 26.5. The average Bonchev–Trinajstić information content (AvgIpc) is 2.91. The molecule has 0 heterocycles. The van der Waals surface area contributed by atoms with E-state index in [-0.39, 0.29) is 41.3 Å². The Morgan fingerprint density at radius 3 is 2.19 bits per heavy atom. The Kier molecular flexibility index (Phi) is 9.03. The molecule has 11 nitrogen and oxygen atoms in total. The summed E-state index contributed by atoms with van der Waals surface area (Å²) in [7, 11) is 1.35. The smallest absolute Gasteiger partial charge is 0.343 e. The number of methoxy groups -OCH3 is 1. The van der Waals surface area contributed by atoms with Crippen LogP contribution in [0.15, 0.2) is 72.8 Å². The van der Waals surface area contributed by atoms with Gasteiger partial charge in [-0.1, -0.05) is 18.2 Å². The zero-order valence-corrected chi connectivity index (χ0v) is 19.7. The fourth-order valence-corrected chi connectivity index (χ4v) is 3.07. The molecule has 0 saturated heterocycles. The van der Waals surface area contributed by atoms with Crippen molar-refractivity contribution in [1.29, 1.82) is 0 Å². The Balaban J connectivity index is 1.44. The van der Waals surface area contributed by atoms with Crippen molar-refractivity contribution in [1.82, 2.24) is 0 Å². The van der Waals surface area contributed by atoms with Crippen molar-refractivity contribution in [2.75, 3.05) is 19.0 Å². The summed E-state index contributed by atoms with van der Waals surface area (Å²) in [4.78, 5) is 59.0. The highest BCUT2D eigenvalue weighted by Gasteiger charge is 2.18. The van der Waals surface area contributed by atoms with Crippen molar-refractivity contribution in [3.63, 3.8) is 0 Å². The molecule has 0 bridgehead atoms. The third kappa shape index (κ3) is 7.72. The summed E-state index contributed by atoms with van der Waals surface area (Å²) in [6.45, 7) is -0.548. The van der Waals surface area contributed by atoms with Gasteiger partial charge in [0.15, 0.2) is 12.4 Å². The molecule has 0 spiro atoms. The van der Waals surface area contributed by atoms with Crippen molar-refractivity contribution in [2.45, 2.75) is 12.8 Å². The van der Waals surface area contributed by atoms with Gasteiger partial charge >= 0.3 is 11.9 Å². The van der Waals surface area contributed by atoms with Crippen LogP contribution in [-0.4, -0.2) is 42.3 Å². The van der Waals surface area contributed by atoms with Crippen molar-refractivity contribution in [3.8, 4) is 11.5 Å². The van der Waals surface area contributed by atoms with Crippen LogP contribution in [-0.2, 0) is 14.3 Å². The normalized spacial score (nSPS) is 10.2. The number of hydrogen-bond acceptors (Lipinski definition) is 9. The van der Waals surface area contributed by atoms with Gasteiger partial charge in [-0.2, -0.15) is 0 Å². The average molecular weight is 506 g/mol. The minimum absolute atomic E-state index is 0.0442. The van der Waals surface area contributed by atoms with E-state index in [0.29, 0.717) is 5.56 Å². The molecule has 1 amide bonds. The van der Waals surface area contributed by atoms with E-state index in [1.54, 1.807) is 30.3 Å². The molecule has 1 N–H and O–H groups in total. The van der Waals surface area contributed by atoms with E-state index in [2.05, 4.69) is 5.32 Å². The molecule has 0 fully saturated rings. The topological polar surface area (TPSA) is 151 Å². The SMILES string of the molecule is COc1ccc(NC(=O)CCC(=O)OCC(=O)c2ccc(OC(=O)c3ccccc3)cc2)c([N+](=O)[O-])c1. The summed E-state index contributed by atoms with van der Waals surface area (Å²) >= 11 is 0. The Morgan fingerprint density at radius 2 is 1.54 bits per heavy atom. The number of esters is 2. The van der Waals surface area contributed by atoms with Gasteiger partial charge in [-0.25, -0.2) is 4.79 Å². The molecular weight excluding hydrogens is 484 g/mol. The number of rotatable bonds is 11. The number of ether oxygens (including phenoxy) is 3. The van der Waals surface area contributed by atoms with Crippen molar-refractivity contribution < 1.29 is 38.3 Å². The molecule has 0 aliphatic carbocycles. The van der Waals surface area contributed by atoms with Gasteiger partial charge in [-0.05, 0) is 48.5 Å². The summed E-state index contributed by atoms with van der Waals surface area (Å²) < 4.78 is 15.1. The number of amides is 1. The van der Waals surface area contributed by atoms with Crippen LogP contribution in [0, 0.1) is 10.1 Å². The number of carbonyl (C=O) groups excluding carboxylic acids is 4. The van der Waals surface area contributed by atoms with Crippen LogP contribution in [0.1, 0.15) is 33.6 Å². The second-order valence-electron chi connectivity index (χ2n) is 7.55. The molecule has 37 heavy (non-hydrogen) atoms. The number of Topliss-reactive ketones (excluding diaryl/α,β-unsaturated/α-hetero) is 1. The second-order valence-corrected chi connectivity index (χ2v) is 7.55. The molecule has 3 rings (SSSR count). The van der Waals surface area contributed by atoms with E-state index in [0.717, 1.165) is 6.07 Å². The zero-order chi connectivity index (χ0) is 26.8. The monoisotopic (exact) mass is 506 g/mol. The highest BCUT2D eigenvalue weighted by molar-refractivity contribution is 5.99. The van der Waals surface area contributed by atoms with Gasteiger partial charge in [0, 0.05) is 12.0 Å². The Bertz CT molecular complexity index is 1310. The van der Waals surface area contributed by atoms with E-state index in [9.17, 15) is 29.3 Å². The van der Waals surface area contributed by atoms with Gasteiger partial charge < -0.3 is 19.5 Å². The van der Waals surface area contributed by atoms with Crippen molar-refractivity contribution in [2.24, 2.45) is 0 Å². The predicted molar refractivity (Wildman–Crippen MR) is 131 cm³/mol. The zero-order valence-electron chi connectivity index (χ0n) is 19.7. The molecule has 0 saturated carbocycles. The number of nitro groups is 1. The minimum Gasteiger partial charge on any atom is -0.496 e. The molecule has 0 radical (unpaired) electrons. The summed E-state index contributed by atoms with van der Waals surface area (Å²) in [6.07, 6.45) is -0.644. The maximum Gasteiger partial charge on any atom is 0.343 e. The van der Waals surface area contributed by atoms with E-state index in [1.807, 2.05) is 0 Å². The quantitative estimate of drug-likeness (QED) is 0.134. The molecule has 190 valence electrons. The molecule has 11 heteroatoms. The van der Waals surface area contributed by atoms with Crippen LogP contribution >= 0.6 is 0 Å². The lowest BCUT2D eigenvalue weighted by atomic mass is 10.1. The van der Waals surface area contributed by atoms with Gasteiger partial charge in [0.2, 0.25) is 5.91 Å². The molecule has 0 aliphatic heterocycles. The molecule has 0 aliphatic rings. The van der Waals surface area contributed by atoms with Crippen LogP contribution in [0.4, 0.5) is 11.4 Å².